The van der Waals surface area contributed by atoms with Crippen LogP contribution in [-0.4, -0.2) is 15.3 Å². The van der Waals surface area contributed by atoms with Gasteiger partial charge in [-0.05, 0) is 6.92 Å². The van der Waals surface area contributed by atoms with Crippen LogP contribution in [0.4, 0.5) is 13.2 Å². The van der Waals surface area contributed by atoms with Gasteiger partial charge in [-0.15, -0.1) is 0 Å². The molecule has 0 aliphatic heterocycles. The van der Waals surface area contributed by atoms with Crippen molar-refractivity contribution in [2.24, 2.45) is 5.92 Å². The van der Waals surface area contributed by atoms with Crippen LogP contribution in [0.2, 0.25) is 0 Å². The van der Waals surface area contributed by atoms with E-state index >= 15 is 0 Å². The van der Waals surface area contributed by atoms with Crippen LogP contribution in [0.3, 0.4) is 0 Å². The summed E-state index contributed by atoms with van der Waals surface area (Å²) in [5.74, 6) is -2.15. The number of aryl methyl sites for hydroxylation is 1. The fourth-order valence-corrected chi connectivity index (χ4v) is 1.25. The molecule has 0 N–H and O–H groups in total. The number of hydrogen-bond acceptors (Lipinski definition) is 2. The predicted molar refractivity (Wildman–Crippen MR) is 49.5 cm³/mol. The van der Waals surface area contributed by atoms with Gasteiger partial charge in [0.05, 0.1) is 12.6 Å². The molecule has 0 aliphatic rings. The van der Waals surface area contributed by atoms with Crippen molar-refractivity contribution in [3.8, 4) is 6.07 Å². The van der Waals surface area contributed by atoms with Gasteiger partial charge in [0.1, 0.15) is 0 Å². The molecule has 0 bridgehead atoms. The molecule has 1 rings (SSSR count). The average molecular weight is 233 g/mol. The van der Waals surface area contributed by atoms with E-state index < -0.39 is 24.3 Å². The van der Waals surface area contributed by atoms with E-state index in [0.717, 1.165) is 10.6 Å². The molecule has 1 aromatic rings. The van der Waals surface area contributed by atoms with Gasteiger partial charge in [-0.3, -0.25) is 9.13 Å². The van der Waals surface area contributed by atoms with E-state index in [4.69, 9.17) is 5.26 Å². The summed E-state index contributed by atoms with van der Waals surface area (Å²) in [5, 5.41) is 8.39. The third-order valence-electron chi connectivity index (χ3n) is 2.19. The van der Waals surface area contributed by atoms with Crippen molar-refractivity contribution in [1.82, 2.24) is 9.13 Å². The summed E-state index contributed by atoms with van der Waals surface area (Å²) in [6.07, 6.45) is -1.96. The highest BCUT2D eigenvalue weighted by Gasteiger charge is 2.40. The second-order valence-corrected chi connectivity index (χ2v) is 3.24. The molecule has 0 spiro atoms. The topological polar surface area (TPSA) is 50.7 Å². The first kappa shape index (κ1) is 12.4. The van der Waals surface area contributed by atoms with Gasteiger partial charge < -0.3 is 0 Å². The summed E-state index contributed by atoms with van der Waals surface area (Å²) in [4.78, 5) is 11.4. The normalized spacial score (nSPS) is 13.4. The number of rotatable bonds is 3. The lowest BCUT2D eigenvalue weighted by molar-refractivity contribution is -0.162. The van der Waals surface area contributed by atoms with Gasteiger partial charge in [0.25, 0.3) is 0 Å². The Hall–Kier alpha value is -1.71. The summed E-state index contributed by atoms with van der Waals surface area (Å²) in [5.41, 5.74) is -0.535. The zero-order chi connectivity index (χ0) is 12.3. The average Bonchev–Trinajstić information content (AvgIpc) is 2.54. The minimum absolute atomic E-state index is 0.384. The molecule has 7 heteroatoms. The number of hydrogen-bond donors (Lipinski definition) is 0. The summed E-state index contributed by atoms with van der Waals surface area (Å²) in [6.45, 7) is 1.43. The first-order chi connectivity index (χ1) is 7.40. The third kappa shape index (κ3) is 2.45. The summed E-state index contributed by atoms with van der Waals surface area (Å²) in [7, 11) is 0. The van der Waals surface area contributed by atoms with Crippen molar-refractivity contribution in [2.75, 3.05) is 0 Å². The van der Waals surface area contributed by atoms with Crippen molar-refractivity contribution >= 4 is 0 Å². The molecule has 1 atom stereocenters. The first-order valence-corrected chi connectivity index (χ1v) is 4.62. The Bertz CT molecular complexity index is 452. The largest absolute Gasteiger partial charge is 0.406 e. The van der Waals surface area contributed by atoms with Crippen LogP contribution in [0.15, 0.2) is 17.2 Å². The van der Waals surface area contributed by atoms with E-state index in [1.807, 2.05) is 0 Å². The van der Waals surface area contributed by atoms with Crippen LogP contribution in [0.1, 0.15) is 6.92 Å². The van der Waals surface area contributed by atoms with Gasteiger partial charge in [0.2, 0.25) is 0 Å². The summed E-state index contributed by atoms with van der Waals surface area (Å²) in [6, 6.07) is 1.15. The second-order valence-electron chi connectivity index (χ2n) is 3.24. The fraction of sp³-hybridized carbons (Fsp3) is 0.556. The first-order valence-electron chi connectivity index (χ1n) is 4.62. The van der Waals surface area contributed by atoms with Crippen molar-refractivity contribution in [2.45, 2.75) is 26.2 Å². The smallest absolute Gasteiger partial charge is 0.300 e. The number of nitriles is 1. The lowest BCUT2D eigenvalue weighted by Crippen LogP contribution is -2.31. The van der Waals surface area contributed by atoms with Crippen molar-refractivity contribution in [3.05, 3.63) is 22.9 Å². The number of alkyl halides is 3. The molecule has 4 nitrogen and oxygen atoms in total. The highest BCUT2D eigenvalue weighted by molar-refractivity contribution is 4.91. The molecule has 16 heavy (non-hydrogen) atoms. The van der Waals surface area contributed by atoms with Gasteiger partial charge in [0, 0.05) is 18.9 Å². The van der Waals surface area contributed by atoms with E-state index in [-0.39, 0.29) is 0 Å². The van der Waals surface area contributed by atoms with Crippen LogP contribution in [0.5, 0.6) is 0 Å². The number of nitrogens with zero attached hydrogens (tertiary/aromatic N) is 3. The standard InChI is InChI=1S/C9H10F3N3O/c1-2-14-3-4-15(8(14)16)6-7(5-13)9(10,11)12/h3-4,7H,2,6H2,1H3. The monoisotopic (exact) mass is 233 g/mol. The Kier molecular flexibility index (Phi) is 3.42. The molecule has 0 fully saturated rings. The van der Waals surface area contributed by atoms with E-state index in [9.17, 15) is 18.0 Å². The van der Waals surface area contributed by atoms with Gasteiger partial charge in [-0.25, -0.2) is 4.79 Å². The Morgan fingerprint density at radius 2 is 2.00 bits per heavy atom. The minimum Gasteiger partial charge on any atom is -0.300 e. The maximum Gasteiger partial charge on any atom is 0.406 e. The fourth-order valence-electron chi connectivity index (χ4n) is 1.25. The lowest BCUT2D eigenvalue weighted by Gasteiger charge is -2.12. The van der Waals surface area contributed by atoms with Gasteiger partial charge >= 0.3 is 11.9 Å². The Morgan fingerprint density at radius 1 is 1.44 bits per heavy atom. The molecule has 0 aromatic carbocycles. The maximum atomic E-state index is 12.3. The molecular weight excluding hydrogens is 223 g/mol. The zero-order valence-corrected chi connectivity index (χ0v) is 8.53. The van der Waals surface area contributed by atoms with Gasteiger partial charge in [0.15, 0.2) is 5.92 Å². The predicted octanol–water partition coefficient (Wildman–Crippen LogP) is 1.37. The van der Waals surface area contributed by atoms with Gasteiger partial charge in [-0.1, -0.05) is 0 Å². The summed E-state index contributed by atoms with van der Waals surface area (Å²) >= 11 is 0. The van der Waals surface area contributed by atoms with E-state index in [1.54, 1.807) is 6.92 Å². The maximum absolute atomic E-state index is 12.3. The molecule has 0 aliphatic carbocycles. The van der Waals surface area contributed by atoms with Crippen LogP contribution in [-0.2, 0) is 13.1 Å². The molecule has 1 unspecified atom stereocenters. The SMILES string of the molecule is CCn1ccn(CC(C#N)C(F)(F)F)c1=O. The Labute approximate surface area is 89.5 Å². The van der Waals surface area contributed by atoms with E-state index in [1.165, 1.54) is 17.0 Å². The quantitative estimate of drug-likeness (QED) is 0.791. The van der Waals surface area contributed by atoms with Crippen molar-refractivity contribution in [3.63, 3.8) is 0 Å². The minimum atomic E-state index is -4.61. The van der Waals surface area contributed by atoms with Crippen LogP contribution in [0, 0.1) is 17.2 Å². The van der Waals surface area contributed by atoms with E-state index in [2.05, 4.69) is 0 Å². The molecule has 0 radical (unpaired) electrons. The van der Waals surface area contributed by atoms with Gasteiger partial charge in [-0.2, -0.15) is 18.4 Å². The molecule has 0 saturated heterocycles. The molecule has 1 heterocycles. The second kappa shape index (κ2) is 4.43. The zero-order valence-electron chi connectivity index (χ0n) is 8.53. The molecule has 0 amide bonds. The molecule has 1 aromatic heterocycles. The third-order valence-corrected chi connectivity index (χ3v) is 2.19. The number of imidazole rings is 1. The highest BCUT2D eigenvalue weighted by Crippen LogP contribution is 2.26. The Morgan fingerprint density at radius 3 is 2.38 bits per heavy atom. The highest BCUT2D eigenvalue weighted by atomic mass is 19.4. The van der Waals surface area contributed by atoms with E-state index in [0.29, 0.717) is 6.54 Å². The van der Waals surface area contributed by atoms with Crippen LogP contribution in [0.25, 0.3) is 0 Å². The van der Waals surface area contributed by atoms with Crippen LogP contribution >= 0.6 is 0 Å². The molecule has 0 saturated carbocycles. The number of aromatic nitrogens is 2. The van der Waals surface area contributed by atoms with Crippen molar-refractivity contribution in [1.29, 1.82) is 5.26 Å². The lowest BCUT2D eigenvalue weighted by atomic mass is 10.1. The number of halogens is 3. The molecule has 88 valence electrons. The van der Waals surface area contributed by atoms with Crippen molar-refractivity contribution < 1.29 is 13.2 Å². The Balaban J connectivity index is 2.93. The summed E-state index contributed by atoms with van der Waals surface area (Å²) < 4.78 is 39.0. The molecular formula is C9H10F3N3O. The van der Waals surface area contributed by atoms with Crippen LogP contribution < -0.4 is 5.69 Å².